The zero-order valence-corrected chi connectivity index (χ0v) is 18.8. The van der Waals surface area contributed by atoms with Crippen molar-refractivity contribution in [2.24, 2.45) is 0 Å². The Morgan fingerprint density at radius 3 is 2.64 bits per heavy atom. The molecule has 11 heteroatoms. The lowest BCUT2D eigenvalue weighted by molar-refractivity contribution is 0.103. The van der Waals surface area contributed by atoms with E-state index in [-0.39, 0.29) is 11.3 Å². The number of carbonyl (C=O) groups excluding carboxylic acids is 1. The third-order valence-corrected chi connectivity index (χ3v) is 6.77. The maximum absolute atomic E-state index is 15.0. The number of hydrogen-bond acceptors (Lipinski definition) is 7. The fraction of sp³-hybridized carbons (Fsp3) is 0.318. The molecule has 0 aliphatic carbocycles. The van der Waals surface area contributed by atoms with E-state index in [1.165, 1.54) is 12.1 Å². The van der Waals surface area contributed by atoms with Gasteiger partial charge in [-0.15, -0.1) is 0 Å². The van der Waals surface area contributed by atoms with E-state index in [1.54, 1.807) is 19.2 Å². The van der Waals surface area contributed by atoms with Gasteiger partial charge in [-0.2, -0.15) is 0 Å². The summed E-state index contributed by atoms with van der Waals surface area (Å²) in [5.41, 5.74) is -0.349. The van der Waals surface area contributed by atoms with Crippen LogP contribution in [0.15, 0.2) is 36.5 Å². The molecule has 3 aromatic rings. The summed E-state index contributed by atoms with van der Waals surface area (Å²) in [7, 11) is -3.82. The number of aromatic nitrogens is 2. The molecule has 1 saturated heterocycles. The monoisotopic (exact) mass is 475 g/mol. The van der Waals surface area contributed by atoms with E-state index < -0.39 is 38.7 Å². The van der Waals surface area contributed by atoms with Gasteiger partial charge in [0.1, 0.15) is 11.6 Å². The molecule has 33 heavy (non-hydrogen) atoms. The smallest absolute Gasteiger partial charge is 0.232 e. The van der Waals surface area contributed by atoms with E-state index in [0.29, 0.717) is 23.3 Å². The Balaban J connectivity index is 1.69. The second-order valence-corrected chi connectivity index (χ2v) is 9.54. The number of carbonyl (C=O) groups is 1. The van der Waals surface area contributed by atoms with Gasteiger partial charge in [-0.25, -0.2) is 22.2 Å². The van der Waals surface area contributed by atoms with Crippen LogP contribution in [0.4, 0.5) is 20.3 Å². The van der Waals surface area contributed by atoms with Crippen LogP contribution in [0, 0.1) is 11.6 Å². The van der Waals surface area contributed by atoms with Crippen LogP contribution in [0.5, 0.6) is 0 Å². The van der Waals surface area contributed by atoms with Crippen molar-refractivity contribution >= 4 is 38.3 Å². The summed E-state index contributed by atoms with van der Waals surface area (Å²) in [6.45, 7) is 4.81. The van der Waals surface area contributed by atoms with Crippen molar-refractivity contribution in [2.45, 2.75) is 13.3 Å². The average Bonchev–Trinajstić information content (AvgIpc) is 2.80. The van der Waals surface area contributed by atoms with Crippen LogP contribution < -0.4 is 14.9 Å². The summed E-state index contributed by atoms with van der Waals surface area (Å²) < 4.78 is 55.6. The maximum atomic E-state index is 15.0. The van der Waals surface area contributed by atoms with E-state index in [2.05, 4.69) is 24.9 Å². The van der Waals surface area contributed by atoms with Gasteiger partial charge < -0.3 is 10.2 Å². The van der Waals surface area contributed by atoms with Crippen LogP contribution >= 0.6 is 0 Å². The molecule has 1 aliphatic heterocycles. The van der Waals surface area contributed by atoms with Crippen molar-refractivity contribution in [3.63, 3.8) is 0 Å². The van der Waals surface area contributed by atoms with Gasteiger partial charge >= 0.3 is 0 Å². The van der Waals surface area contributed by atoms with Gasteiger partial charge in [0.15, 0.2) is 11.6 Å². The Hall–Kier alpha value is -3.18. The molecule has 0 atom stereocenters. The highest BCUT2D eigenvalue weighted by Crippen LogP contribution is 2.26. The summed E-state index contributed by atoms with van der Waals surface area (Å²) in [6, 6.07) is 6.23. The third-order valence-electron chi connectivity index (χ3n) is 5.29. The zero-order chi connectivity index (χ0) is 23.6. The number of rotatable bonds is 7. The van der Waals surface area contributed by atoms with Gasteiger partial charge in [-0.05, 0) is 36.8 Å². The van der Waals surface area contributed by atoms with E-state index >= 15 is 4.39 Å². The third kappa shape index (κ3) is 4.93. The molecule has 174 valence electrons. The van der Waals surface area contributed by atoms with Gasteiger partial charge in [0.05, 0.1) is 34.2 Å². The number of sulfonamides is 1. The fourth-order valence-electron chi connectivity index (χ4n) is 3.66. The van der Waals surface area contributed by atoms with Crippen molar-refractivity contribution < 1.29 is 22.0 Å². The predicted octanol–water partition coefficient (Wildman–Crippen LogP) is 2.70. The molecule has 0 radical (unpaired) electrons. The molecule has 0 unspecified atom stereocenters. The normalized spacial score (nSPS) is 14.5. The van der Waals surface area contributed by atoms with Crippen LogP contribution in [-0.2, 0) is 10.0 Å². The maximum Gasteiger partial charge on any atom is 0.232 e. The first-order valence-electron chi connectivity index (χ1n) is 10.5. The van der Waals surface area contributed by atoms with Crippen LogP contribution in [0.1, 0.15) is 29.3 Å². The lowest BCUT2D eigenvalue weighted by Gasteiger charge is -2.28. The summed E-state index contributed by atoms with van der Waals surface area (Å²) >= 11 is 0. The fourth-order valence-corrected chi connectivity index (χ4v) is 4.79. The number of ketones is 1. The number of benzene rings is 2. The molecular weight excluding hydrogens is 452 g/mol. The van der Waals surface area contributed by atoms with E-state index in [1.807, 2.05) is 0 Å². The molecule has 0 spiro atoms. The molecule has 2 N–H and O–H groups in total. The van der Waals surface area contributed by atoms with Crippen molar-refractivity contribution in [3.8, 4) is 0 Å². The van der Waals surface area contributed by atoms with Crippen LogP contribution in [0.2, 0.25) is 0 Å². The zero-order valence-electron chi connectivity index (χ0n) is 17.9. The highest BCUT2D eigenvalue weighted by Gasteiger charge is 2.24. The molecule has 8 nitrogen and oxygen atoms in total. The minimum Gasteiger partial charge on any atom is -0.353 e. The summed E-state index contributed by atoms with van der Waals surface area (Å²) in [6.07, 6.45) is 1.97. The van der Waals surface area contributed by atoms with Crippen molar-refractivity contribution in [3.05, 3.63) is 59.3 Å². The minimum absolute atomic E-state index is 0.0145. The minimum atomic E-state index is -3.82. The van der Waals surface area contributed by atoms with E-state index in [0.717, 1.165) is 38.3 Å². The van der Waals surface area contributed by atoms with Crippen molar-refractivity contribution in [2.75, 3.05) is 41.6 Å². The van der Waals surface area contributed by atoms with Crippen LogP contribution in [-0.4, -0.2) is 56.1 Å². The molecule has 1 aliphatic rings. The van der Waals surface area contributed by atoms with E-state index in [9.17, 15) is 17.6 Å². The first-order valence-corrected chi connectivity index (χ1v) is 12.2. The Morgan fingerprint density at radius 2 is 1.91 bits per heavy atom. The molecular formula is C22H23F2N5O3S. The number of hydrogen-bond donors (Lipinski definition) is 2. The topological polar surface area (TPSA) is 104 Å². The van der Waals surface area contributed by atoms with Gasteiger partial charge in [0, 0.05) is 31.7 Å². The highest BCUT2D eigenvalue weighted by molar-refractivity contribution is 7.92. The Labute approximate surface area is 190 Å². The Morgan fingerprint density at radius 1 is 1.15 bits per heavy atom. The molecule has 0 bridgehead atoms. The molecule has 2 aromatic carbocycles. The molecule has 2 heterocycles. The quantitative estimate of drug-likeness (QED) is 0.507. The summed E-state index contributed by atoms with van der Waals surface area (Å²) in [5.74, 6) is -2.85. The molecule has 0 amide bonds. The highest BCUT2D eigenvalue weighted by atomic mass is 32.2. The standard InChI is InChI=1S/C22H23F2N5O3S/c1-2-11-33(31,32)28-17-6-4-15(23)20(21(17)24)22(30)14-3-5-16-18(12-14)27-19(13-26-16)29-9-7-25-8-10-29/h3-6,12-13,25,28H,2,7-11H2,1H3. The van der Waals surface area contributed by atoms with E-state index in [4.69, 9.17) is 0 Å². The summed E-state index contributed by atoms with van der Waals surface area (Å²) in [4.78, 5) is 24.0. The van der Waals surface area contributed by atoms with Gasteiger partial charge in [0.25, 0.3) is 0 Å². The molecule has 4 rings (SSSR count). The van der Waals surface area contributed by atoms with Crippen LogP contribution in [0.25, 0.3) is 11.0 Å². The van der Waals surface area contributed by atoms with Gasteiger partial charge in [0.2, 0.25) is 10.0 Å². The molecule has 0 saturated carbocycles. The second kappa shape index (κ2) is 9.36. The predicted molar refractivity (Wildman–Crippen MR) is 122 cm³/mol. The number of nitrogens with one attached hydrogen (secondary N) is 2. The van der Waals surface area contributed by atoms with Crippen molar-refractivity contribution in [1.82, 2.24) is 15.3 Å². The van der Waals surface area contributed by atoms with Gasteiger partial charge in [-0.3, -0.25) is 14.5 Å². The van der Waals surface area contributed by atoms with Crippen molar-refractivity contribution in [1.29, 1.82) is 0 Å². The number of fused-ring (bicyclic) bond motifs is 1. The SMILES string of the molecule is CCCS(=O)(=O)Nc1ccc(F)c(C(=O)c2ccc3ncc(N4CCNCC4)nc3c2)c1F. The summed E-state index contributed by atoms with van der Waals surface area (Å²) in [5, 5.41) is 3.25. The average molecular weight is 476 g/mol. The van der Waals surface area contributed by atoms with Crippen LogP contribution in [0.3, 0.4) is 0 Å². The first kappa shape index (κ1) is 23.0. The second-order valence-electron chi connectivity index (χ2n) is 7.70. The first-order chi connectivity index (χ1) is 15.8. The largest absolute Gasteiger partial charge is 0.353 e. The van der Waals surface area contributed by atoms with Gasteiger partial charge in [-0.1, -0.05) is 6.92 Å². The number of nitrogens with zero attached hydrogens (tertiary/aromatic N) is 3. The molecule has 1 fully saturated rings. The Bertz CT molecular complexity index is 1310. The molecule has 1 aromatic heterocycles. The lowest BCUT2D eigenvalue weighted by atomic mass is 10.0. The number of halogens is 2. The number of piperazine rings is 1. The number of anilines is 2. The Kier molecular flexibility index (Phi) is 6.52. The lowest BCUT2D eigenvalue weighted by Crippen LogP contribution is -2.43.